The molecule has 0 unspecified atom stereocenters. The molecule has 2 aromatic heterocycles. The van der Waals surface area contributed by atoms with Gasteiger partial charge in [-0.15, -0.1) is 0 Å². The second-order valence-electron chi connectivity index (χ2n) is 13.1. The Hall–Kier alpha value is -4.25. The van der Waals surface area contributed by atoms with Gasteiger partial charge in [0.05, 0.1) is 36.1 Å². The molecule has 4 aliphatic rings. The van der Waals surface area contributed by atoms with Gasteiger partial charge >= 0.3 is 6.01 Å². The average molecular weight is 646 g/mol. The van der Waals surface area contributed by atoms with Gasteiger partial charge in [-0.05, 0) is 43.0 Å². The summed E-state index contributed by atoms with van der Waals surface area (Å²) in [5, 5.41) is 20.9. The fourth-order valence-corrected chi connectivity index (χ4v) is 7.78. The third kappa shape index (κ3) is 5.48. The number of fused-ring (bicyclic) bond motifs is 3. The topological polar surface area (TPSA) is 114 Å². The lowest BCUT2D eigenvalue weighted by atomic mass is 9.95. The van der Waals surface area contributed by atoms with Crippen molar-refractivity contribution in [2.45, 2.75) is 49.5 Å². The van der Waals surface area contributed by atoms with Gasteiger partial charge in [0.1, 0.15) is 41.4 Å². The predicted molar refractivity (Wildman–Crippen MR) is 168 cm³/mol. The number of benzene rings is 2. The number of hydrogen-bond acceptors (Lipinski definition) is 10. The van der Waals surface area contributed by atoms with Crippen LogP contribution in [0.25, 0.3) is 32.9 Å². The molecule has 0 amide bonds. The highest BCUT2D eigenvalue weighted by atomic mass is 19.1. The summed E-state index contributed by atoms with van der Waals surface area (Å²) in [5.41, 5.74) is -0.617. The third-order valence-corrected chi connectivity index (χ3v) is 10.1. The number of alkyl halides is 1. The number of pyridine rings is 1. The first-order valence-corrected chi connectivity index (χ1v) is 16.1. The zero-order chi connectivity index (χ0) is 32.3. The normalized spacial score (nSPS) is 26.2. The van der Waals surface area contributed by atoms with E-state index in [4.69, 9.17) is 14.5 Å². The molecule has 13 heteroatoms. The molecule has 0 saturated carbocycles. The van der Waals surface area contributed by atoms with Gasteiger partial charge in [0, 0.05) is 62.3 Å². The van der Waals surface area contributed by atoms with Crippen LogP contribution in [0.1, 0.15) is 25.7 Å². The number of phenols is 1. The SMILES string of the molecule is N#CC[C@H]1CN(c2nc(OC[C@@]34CCCN3C[C@H](F)C4)nc3c(F)c(-c4cc(O)cc5cccc(F)c45)ncc23)CCN1C[C@@H]1CO1. The molecule has 4 aromatic rings. The first-order chi connectivity index (χ1) is 22.8. The average Bonchev–Trinajstić information content (AvgIpc) is 3.71. The van der Waals surface area contributed by atoms with Crippen molar-refractivity contribution < 1.29 is 27.8 Å². The summed E-state index contributed by atoms with van der Waals surface area (Å²) in [5.74, 6) is -1.13. The van der Waals surface area contributed by atoms with Gasteiger partial charge < -0.3 is 19.5 Å². The number of halogens is 3. The standard InChI is InChI=1S/C34H34F3N7O3/c35-21-13-34(6-2-8-44(34)15-21)19-47-33-40-31-26(32(41-33)43-10-9-42(17-24-18-46-24)22(16-43)5-7-38)14-39-30(29(31)37)25-12-23(45)11-20-3-1-4-27(36)28(20)25/h1,3-4,11-12,14,21-22,24,45H,2,5-6,8-10,13,15-19H2/t21-,22+,24-,34+/m1/s1. The van der Waals surface area contributed by atoms with E-state index in [0.29, 0.717) is 62.2 Å². The molecule has 0 radical (unpaired) electrons. The second-order valence-corrected chi connectivity index (χ2v) is 13.1. The van der Waals surface area contributed by atoms with Crippen molar-refractivity contribution in [3.63, 3.8) is 0 Å². The van der Waals surface area contributed by atoms with Crippen LogP contribution in [0.3, 0.4) is 0 Å². The van der Waals surface area contributed by atoms with E-state index in [1.165, 1.54) is 30.5 Å². The number of phenolic OH excluding ortho intramolecular Hbond substituents is 1. The molecule has 244 valence electrons. The van der Waals surface area contributed by atoms with Gasteiger partial charge in [-0.3, -0.25) is 14.8 Å². The summed E-state index contributed by atoms with van der Waals surface area (Å²) >= 11 is 0. The van der Waals surface area contributed by atoms with Gasteiger partial charge in [0.15, 0.2) is 5.82 Å². The van der Waals surface area contributed by atoms with E-state index >= 15 is 8.78 Å². The molecule has 4 atom stereocenters. The lowest BCUT2D eigenvalue weighted by Gasteiger charge is -2.41. The zero-order valence-electron chi connectivity index (χ0n) is 25.7. The number of nitrogens with zero attached hydrogens (tertiary/aromatic N) is 7. The molecule has 47 heavy (non-hydrogen) atoms. The lowest BCUT2D eigenvalue weighted by molar-refractivity contribution is 0.107. The Bertz CT molecular complexity index is 1900. The summed E-state index contributed by atoms with van der Waals surface area (Å²) in [6, 6.07) is 9.27. The molecule has 0 aliphatic carbocycles. The Morgan fingerprint density at radius 1 is 1.15 bits per heavy atom. The minimum atomic E-state index is -0.940. The lowest BCUT2D eigenvalue weighted by Crippen LogP contribution is -2.54. The maximum Gasteiger partial charge on any atom is 0.319 e. The van der Waals surface area contributed by atoms with E-state index in [-0.39, 0.29) is 52.7 Å². The molecule has 6 heterocycles. The first kappa shape index (κ1) is 30.1. The minimum absolute atomic E-state index is 0.0512. The van der Waals surface area contributed by atoms with Gasteiger partial charge in [0.2, 0.25) is 0 Å². The summed E-state index contributed by atoms with van der Waals surface area (Å²) in [4.78, 5) is 20.1. The molecule has 1 N–H and O–H groups in total. The number of piperazine rings is 1. The van der Waals surface area contributed by atoms with Gasteiger partial charge in [-0.25, -0.2) is 13.2 Å². The number of nitriles is 1. The van der Waals surface area contributed by atoms with Crippen LogP contribution in [-0.4, -0.2) is 106 Å². The zero-order valence-corrected chi connectivity index (χ0v) is 25.7. The highest BCUT2D eigenvalue weighted by Crippen LogP contribution is 2.41. The maximum atomic E-state index is 16.7. The summed E-state index contributed by atoms with van der Waals surface area (Å²) in [7, 11) is 0. The van der Waals surface area contributed by atoms with Gasteiger partial charge in [-0.2, -0.15) is 15.2 Å². The van der Waals surface area contributed by atoms with E-state index in [1.54, 1.807) is 6.07 Å². The molecule has 10 nitrogen and oxygen atoms in total. The molecule has 4 fully saturated rings. The van der Waals surface area contributed by atoms with Gasteiger partial charge in [0.25, 0.3) is 0 Å². The van der Waals surface area contributed by atoms with E-state index < -0.39 is 23.3 Å². The van der Waals surface area contributed by atoms with Crippen molar-refractivity contribution in [1.29, 1.82) is 5.26 Å². The van der Waals surface area contributed by atoms with Crippen molar-refractivity contribution in [2.75, 3.05) is 57.4 Å². The second kappa shape index (κ2) is 11.8. The third-order valence-electron chi connectivity index (χ3n) is 10.1. The van der Waals surface area contributed by atoms with Crippen molar-refractivity contribution in [1.82, 2.24) is 24.8 Å². The fraction of sp³-hybridized carbons (Fsp3) is 0.471. The molecule has 0 bridgehead atoms. The van der Waals surface area contributed by atoms with E-state index in [1.807, 2.05) is 4.90 Å². The van der Waals surface area contributed by atoms with Crippen LogP contribution in [0, 0.1) is 23.0 Å². The van der Waals surface area contributed by atoms with Crippen molar-refractivity contribution in [3.05, 3.63) is 48.2 Å². The number of epoxide rings is 1. The minimum Gasteiger partial charge on any atom is -0.508 e. The molecular formula is C34H34F3N7O3. The molecule has 8 rings (SSSR count). The Balaban J connectivity index is 1.22. The summed E-state index contributed by atoms with van der Waals surface area (Å²) in [6.07, 6.45) is 3.08. The monoisotopic (exact) mass is 645 g/mol. The Kier molecular flexibility index (Phi) is 7.54. The molecule has 4 saturated heterocycles. The number of rotatable bonds is 8. The van der Waals surface area contributed by atoms with Crippen molar-refractivity contribution >= 4 is 27.5 Å². The smallest absolute Gasteiger partial charge is 0.319 e. The molecule has 0 spiro atoms. The molecular weight excluding hydrogens is 611 g/mol. The van der Waals surface area contributed by atoms with Crippen molar-refractivity contribution in [3.8, 4) is 29.1 Å². The highest BCUT2D eigenvalue weighted by molar-refractivity contribution is 6.00. The Labute approximate surface area is 269 Å². The van der Waals surface area contributed by atoms with Crippen LogP contribution in [0.15, 0.2) is 36.5 Å². The Morgan fingerprint density at radius 2 is 2.02 bits per heavy atom. The fourth-order valence-electron chi connectivity index (χ4n) is 7.78. The molecule has 4 aliphatic heterocycles. The van der Waals surface area contributed by atoms with Crippen LogP contribution in [0.5, 0.6) is 11.8 Å². The maximum absolute atomic E-state index is 16.7. The van der Waals surface area contributed by atoms with Crippen LogP contribution in [0.2, 0.25) is 0 Å². The van der Waals surface area contributed by atoms with Crippen LogP contribution in [-0.2, 0) is 4.74 Å². The predicted octanol–water partition coefficient (Wildman–Crippen LogP) is 4.59. The van der Waals surface area contributed by atoms with E-state index in [9.17, 15) is 14.8 Å². The number of anilines is 1. The quantitative estimate of drug-likeness (QED) is 0.273. The Morgan fingerprint density at radius 3 is 2.85 bits per heavy atom. The summed E-state index contributed by atoms with van der Waals surface area (Å²) in [6.45, 7) is 4.42. The first-order valence-electron chi connectivity index (χ1n) is 16.1. The van der Waals surface area contributed by atoms with E-state index in [0.717, 1.165) is 25.9 Å². The highest BCUT2D eigenvalue weighted by Gasteiger charge is 2.49. The van der Waals surface area contributed by atoms with Crippen LogP contribution >= 0.6 is 0 Å². The number of aromatic hydroxyl groups is 1. The molecule has 2 aromatic carbocycles. The number of hydrogen-bond donors (Lipinski definition) is 1. The summed E-state index contributed by atoms with van der Waals surface area (Å²) < 4.78 is 58.0. The number of aromatic nitrogens is 3. The largest absolute Gasteiger partial charge is 0.508 e. The number of ether oxygens (including phenoxy) is 2. The van der Waals surface area contributed by atoms with Crippen LogP contribution < -0.4 is 9.64 Å². The van der Waals surface area contributed by atoms with Crippen molar-refractivity contribution in [2.24, 2.45) is 0 Å². The van der Waals surface area contributed by atoms with E-state index in [2.05, 4.69) is 25.8 Å². The van der Waals surface area contributed by atoms with Crippen LogP contribution in [0.4, 0.5) is 19.0 Å². The van der Waals surface area contributed by atoms with Gasteiger partial charge in [-0.1, -0.05) is 12.1 Å².